The van der Waals surface area contributed by atoms with Crippen LogP contribution in [-0.2, 0) is 14.8 Å². The van der Waals surface area contributed by atoms with Gasteiger partial charge in [-0.2, -0.15) is 0 Å². The number of anilines is 2. The first-order valence-electron chi connectivity index (χ1n) is 8.41. The van der Waals surface area contributed by atoms with Crippen LogP contribution in [0, 0.1) is 0 Å². The lowest BCUT2D eigenvalue weighted by molar-refractivity contribution is -0.113. The summed E-state index contributed by atoms with van der Waals surface area (Å²) in [4.78, 5) is 25.1. The minimum absolute atomic E-state index is 0.0109. The third-order valence-corrected chi connectivity index (χ3v) is 6.77. The molecule has 3 N–H and O–H groups in total. The zero-order valence-corrected chi connectivity index (χ0v) is 15.8. The molecule has 1 saturated carbocycles. The van der Waals surface area contributed by atoms with E-state index in [0.717, 1.165) is 17.7 Å². The molecular weight excluding hydrogens is 386 g/mol. The van der Waals surface area contributed by atoms with E-state index in [1.807, 2.05) is 0 Å². The molecule has 0 bridgehead atoms. The first-order chi connectivity index (χ1) is 12.9. The number of carbonyl (C=O) groups is 2. The summed E-state index contributed by atoms with van der Waals surface area (Å²) >= 11 is 1.42. The van der Waals surface area contributed by atoms with Gasteiger partial charge in [-0.15, -0.1) is 11.8 Å². The smallest absolute Gasteiger partial charge is 0.255 e. The summed E-state index contributed by atoms with van der Waals surface area (Å²) < 4.78 is 27.2. The van der Waals surface area contributed by atoms with Gasteiger partial charge in [0.15, 0.2) is 0 Å². The first kappa shape index (κ1) is 18.0. The molecule has 0 saturated heterocycles. The van der Waals surface area contributed by atoms with Gasteiger partial charge in [0.25, 0.3) is 5.91 Å². The fourth-order valence-corrected chi connectivity index (χ4v) is 4.80. The van der Waals surface area contributed by atoms with E-state index in [1.54, 1.807) is 30.3 Å². The van der Waals surface area contributed by atoms with Crippen LogP contribution in [0.2, 0.25) is 0 Å². The van der Waals surface area contributed by atoms with Gasteiger partial charge in [0, 0.05) is 22.2 Å². The molecule has 7 nitrogen and oxygen atoms in total. The van der Waals surface area contributed by atoms with Crippen molar-refractivity contribution in [3.05, 3.63) is 48.0 Å². The number of amides is 2. The average molecular weight is 403 g/mol. The van der Waals surface area contributed by atoms with Crippen molar-refractivity contribution in [3.63, 3.8) is 0 Å². The van der Waals surface area contributed by atoms with Crippen LogP contribution >= 0.6 is 11.8 Å². The lowest BCUT2D eigenvalue weighted by Gasteiger charge is -2.17. The highest BCUT2D eigenvalue weighted by molar-refractivity contribution is 8.00. The van der Waals surface area contributed by atoms with E-state index in [9.17, 15) is 18.0 Å². The van der Waals surface area contributed by atoms with Crippen LogP contribution in [0.4, 0.5) is 11.4 Å². The summed E-state index contributed by atoms with van der Waals surface area (Å²) in [5, 5.41) is 5.45. The van der Waals surface area contributed by atoms with Gasteiger partial charge in [0.1, 0.15) is 0 Å². The lowest BCUT2D eigenvalue weighted by Crippen LogP contribution is -2.25. The molecule has 0 spiro atoms. The largest absolute Gasteiger partial charge is 0.324 e. The number of thioether (sulfide) groups is 1. The van der Waals surface area contributed by atoms with Crippen LogP contribution < -0.4 is 15.4 Å². The van der Waals surface area contributed by atoms with E-state index in [1.165, 1.54) is 23.9 Å². The molecule has 140 valence electrons. The maximum absolute atomic E-state index is 12.5. The molecule has 2 amide bonds. The van der Waals surface area contributed by atoms with Gasteiger partial charge in [0.05, 0.1) is 16.3 Å². The minimum Gasteiger partial charge on any atom is -0.324 e. The van der Waals surface area contributed by atoms with Gasteiger partial charge in [-0.3, -0.25) is 9.59 Å². The van der Waals surface area contributed by atoms with Crippen LogP contribution in [0.3, 0.4) is 0 Å². The Morgan fingerprint density at radius 2 is 1.96 bits per heavy atom. The highest BCUT2D eigenvalue weighted by atomic mass is 32.2. The van der Waals surface area contributed by atoms with Gasteiger partial charge in [0.2, 0.25) is 15.9 Å². The van der Waals surface area contributed by atoms with E-state index in [4.69, 9.17) is 0 Å². The molecule has 0 aromatic heterocycles. The number of sulfonamides is 1. The Bertz CT molecular complexity index is 1030. The summed E-state index contributed by atoms with van der Waals surface area (Å²) in [7, 11) is -3.59. The average Bonchev–Trinajstić information content (AvgIpc) is 3.44. The predicted molar refractivity (Wildman–Crippen MR) is 104 cm³/mol. The molecule has 1 heterocycles. The van der Waals surface area contributed by atoms with Crippen molar-refractivity contribution >= 4 is 45.0 Å². The fraction of sp³-hybridized carbons (Fsp3) is 0.222. The monoisotopic (exact) mass is 403 g/mol. The van der Waals surface area contributed by atoms with E-state index >= 15 is 0 Å². The van der Waals surface area contributed by atoms with E-state index < -0.39 is 10.0 Å². The van der Waals surface area contributed by atoms with Crippen LogP contribution in [0.5, 0.6) is 0 Å². The molecule has 1 fully saturated rings. The number of nitrogens with one attached hydrogen (secondary N) is 3. The summed E-state index contributed by atoms with van der Waals surface area (Å²) in [5.41, 5.74) is 1.37. The molecule has 0 unspecified atom stereocenters. The molecule has 2 aromatic rings. The molecule has 9 heteroatoms. The van der Waals surface area contributed by atoms with Crippen LogP contribution in [0.15, 0.2) is 52.3 Å². The Morgan fingerprint density at radius 3 is 2.74 bits per heavy atom. The van der Waals surface area contributed by atoms with Crippen LogP contribution in [0.25, 0.3) is 0 Å². The number of fused-ring (bicyclic) bond motifs is 1. The van der Waals surface area contributed by atoms with E-state index in [2.05, 4.69) is 15.4 Å². The molecule has 1 aliphatic carbocycles. The highest BCUT2D eigenvalue weighted by Crippen LogP contribution is 2.32. The van der Waals surface area contributed by atoms with Crippen molar-refractivity contribution in [3.8, 4) is 0 Å². The van der Waals surface area contributed by atoms with Gasteiger partial charge in [-0.1, -0.05) is 6.07 Å². The van der Waals surface area contributed by atoms with Crippen LogP contribution in [-0.4, -0.2) is 32.0 Å². The van der Waals surface area contributed by atoms with Crippen molar-refractivity contribution in [2.45, 2.75) is 28.7 Å². The molecular formula is C18H17N3O4S2. The third kappa shape index (κ3) is 4.15. The lowest BCUT2D eigenvalue weighted by atomic mass is 10.1. The number of hydrogen-bond donors (Lipinski definition) is 3. The Balaban J connectivity index is 1.52. The second-order valence-electron chi connectivity index (χ2n) is 6.43. The zero-order chi connectivity index (χ0) is 19.0. The quantitative estimate of drug-likeness (QED) is 0.711. The summed E-state index contributed by atoms with van der Waals surface area (Å²) in [6, 6.07) is 11.2. The molecule has 2 aliphatic rings. The molecule has 27 heavy (non-hydrogen) atoms. The Morgan fingerprint density at radius 1 is 1.15 bits per heavy atom. The third-order valence-electron chi connectivity index (χ3n) is 4.18. The van der Waals surface area contributed by atoms with Crippen molar-refractivity contribution in [1.82, 2.24) is 4.72 Å². The van der Waals surface area contributed by atoms with Gasteiger partial charge < -0.3 is 10.6 Å². The number of carbonyl (C=O) groups excluding carboxylic acids is 2. The molecule has 2 aromatic carbocycles. The number of rotatable bonds is 5. The highest BCUT2D eigenvalue weighted by Gasteiger charge is 2.28. The van der Waals surface area contributed by atoms with Crippen molar-refractivity contribution in [2.75, 3.05) is 16.4 Å². The predicted octanol–water partition coefficient (Wildman–Crippen LogP) is 2.42. The van der Waals surface area contributed by atoms with Gasteiger partial charge >= 0.3 is 0 Å². The van der Waals surface area contributed by atoms with Crippen molar-refractivity contribution in [1.29, 1.82) is 0 Å². The SMILES string of the molecule is O=C1CSc2ccc(C(=O)Nc3cccc(S(=O)(=O)NC4CC4)c3)cc2N1. The molecule has 4 rings (SSSR count). The topological polar surface area (TPSA) is 104 Å². The van der Waals surface area contributed by atoms with Crippen LogP contribution in [0.1, 0.15) is 23.2 Å². The molecule has 0 radical (unpaired) electrons. The molecule has 1 aliphatic heterocycles. The maximum Gasteiger partial charge on any atom is 0.255 e. The Hall–Kier alpha value is -2.36. The Kier molecular flexibility index (Phi) is 4.67. The van der Waals surface area contributed by atoms with E-state index in [0.29, 0.717) is 22.7 Å². The zero-order valence-electron chi connectivity index (χ0n) is 14.2. The number of benzene rings is 2. The Labute approximate surface area is 161 Å². The van der Waals surface area contributed by atoms with Gasteiger partial charge in [-0.25, -0.2) is 13.1 Å². The normalized spacial score (nSPS) is 16.4. The minimum atomic E-state index is -3.59. The fourth-order valence-electron chi connectivity index (χ4n) is 2.66. The summed E-state index contributed by atoms with van der Waals surface area (Å²) in [6.07, 6.45) is 1.70. The summed E-state index contributed by atoms with van der Waals surface area (Å²) in [6.45, 7) is 0. The van der Waals surface area contributed by atoms with E-state index in [-0.39, 0.29) is 22.8 Å². The molecule has 0 atom stereocenters. The van der Waals surface area contributed by atoms with Crippen molar-refractivity contribution in [2.24, 2.45) is 0 Å². The second-order valence-corrected chi connectivity index (χ2v) is 9.16. The maximum atomic E-state index is 12.5. The standard InChI is InChI=1S/C18H17N3O4S2/c22-17-10-26-16-7-4-11(8-15(16)20-17)18(23)19-13-2-1-3-14(9-13)27(24,25)21-12-5-6-12/h1-4,7-9,12,21H,5-6,10H2,(H,19,23)(H,20,22). The summed E-state index contributed by atoms with van der Waals surface area (Å²) in [5.74, 6) is -0.132. The van der Waals surface area contributed by atoms with Crippen molar-refractivity contribution < 1.29 is 18.0 Å². The second kappa shape index (κ2) is 6.99. The van der Waals surface area contributed by atoms with Gasteiger partial charge in [-0.05, 0) is 49.2 Å². The first-order valence-corrected chi connectivity index (χ1v) is 10.9. The number of hydrogen-bond acceptors (Lipinski definition) is 5.